The number of amides is 4. The van der Waals surface area contributed by atoms with Gasteiger partial charge in [-0.05, 0) is 45.1 Å². The van der Waals surface area contributed by atoms with Crippen LogP contribution in [-0.2, 0) is 19.2 Å². The van der Waals surface area contributed by atoms with Crippen molar-refractivity contribution in [1.82, 2.24) is 16.0 Å². The highest BCUT2D eigenvalue weighted by atomic mass is 16.3. The van der Waals surface area contributed by atoms with Gasteiger partial charge in [-0.1, -0.05) is 13.8 Å². The topological polar surface area (TPSA) is 177 Å². The molecule has 0 aromatic heterocycles. The summed E-state index contributed by atoms with van der Waals surface area (Å²) in [6, 6.07) is -3.02. The van der Waals surface area contributed by atoms with Crippen LogP contribution in [0.15, 0.2) is 0 Å². The van der Waals surface area contributed by atoms with Crippen LogP contribution < -0.4 is 27.4 Å². The van der Waals surface area contributed by atoms with E-state index in [0.29, 0.717) is 25.8 Å². The molecule has 0 aromatic carbocycles. The van der Waals surface area contributed by atoms with Gasteiger partial charge in [0.05, 0.1) is 6.10 Å². The van der Waals surface area contributed by atoms with Gasteiger partial charge in [0.15, 0.2) is 0 Å². The van der Waals surface area contributed by atoms with E-state index in [2.05, 4.69) is 16.0 Å². The Morgan fingerprint density at radius 3 is 1.93 bits per heavy atom. The van der Waals surface area contributed by atoms with E-state index in [1.165, 1.54) is 13.8 Å². The molecule has 0 saturated carbocycles. The lowest BCUT2D eigenvalue weighted by molar-refractivity contribution is -0.134. The average Bonchev–Trinajstić information content (AvgIpc) is 2.57. The second-order valence-corrected chi connectivity index (χ2v) is 7.36. The van der Waals surface area contributed by atoms with Gasteiger partial charge in [0, 0.05) is 6.92 Å². The van der Waals surface area contributed by atoms with E-state index in [-0.39, 0.29) is 12.3 Å². The van der Waals surface area contributed by atoms with Gasteiger partial charge in [0.1, 0.15) is 18.1 Å². The Kier molecular flexibility index (Phi) is 12.0. The summed E-state index contributed by atoms with van der Waals surface area (Å²) < 4.78 is 0. The molecule has 10 nitrogen and oxygen atoms in total. The van der Waals surface area contributed by atoms with Gasteiger partial charge in [0.2, 0.25) is 23.6 Å². The highest BCUT2D eigenvalue weighted by Gasteiger charge is 2.30. The van der Waals surface area contributed by atoms with Crippen LogP contribution in [0.2, 0.25) is 0 Å². The summed E-state index contributed by atoms with van der Waals surface area (Å²) in [7, 11) is 0. The minimum absolute atomic E-state index is 0.127. The van der Waals surface area contributed by atoms with Crippen molar-refractivity contribution < 1.29 is 24.3 Å². The van der Waals surface area contributed by atoms with Crippen molar-refractivity contribution in [2.75, 3.05) is 6.54 Å². The minimum Gasteiger partial charge on any atom is -0.391 e. The van der Waals surface area contributed by atoms with Crippen molar-refractivity contribution in [2.45, 2.75) is 77.6 Å². The number of hydrogen-bond donors (Lipinski definition) is 6. The van der Waals surface area contributed by atoms with Gasteiger partial charge in [-0.25, -0.2) is 0 Å². The van der Waals surface area contributed by atoms with E-state index in [1.54, 1.807) is 0 Å². The van der Waals surface area contributed by atoms with E-state index in [0.717, 1.165) is 0 Å². The number of hydrogen-bond acceptors (Lipinski definition) is 6. The number of rotatable bonds is 13. The molecule has 0 rings (SSSR count). The van der Waals surface area contributed by atoms with Gasteiger partial charge >= 0.3 is 0 Å². The Morgan fingerprint density at radius 1 is 0.929 bits per heavy atom. The predicted molar refractivity (Wildman–Crippen MR) is 105 cm³/mol. The molecule has 8 N–H and O–H groups in total. The molecule has 0 spiro atoms. The monoisotopic (exact) mass is 401 g/mol. The first kappa shape index (κ1) is 25.8. The second-order valence-electron chi connectivity index (χ2n) is 7.36. The molecule has 0 aliphatic carbocycles. The zero-order valence-electron chi connectivity index (χ0n) is 17.2. The van der Waals surface area contributed by atoms with Crippen molar-refractivity contribution in [3.8, 4) is 0 Å². The van der Waals surface area contributed by atoms with E-state index >= 15 is 0 Å². The Bertz CT molecular complexity index is 538. The number of carbonyl (C=O) groups excluding carboxylic acids is 4. The number of carbonyl (C=O) groups is 4. The molecule has 0 aliphatic heterocycles. The third-order valence-electron chi connectivity index (χ3n) is 4.07. The number of aliphatic hydroxyl groups excluding tert-OH is 1. The molecule has 0 fully saturated rings. The van der Waals surface area contributed by atoms with Gasteiger partial charge in [0.25, 0.3) is 0 Å². The summed E-state index contributed by atoms with van der Waals surface area (Å²) in [5.41, 5.74) is 10.8. The van der Waals surface area contributed by atoms with Gasteiger partial charge in [-0.2, -0.15) is 0 Å². The molecule has 0 heterocycles. The molecule has 1 unspecified atom stereocenters. The summed E-state index contributed by atoms with van der Waals surface area (Å²) in [6.07, 6.45) is 0.716. The lowest BCUT2D eigenvalue weighted by Crippen LogP contribution is -2.58. The summed E-state index contributed by atoms with van der Waals surface area (Å²) in [4.78, 5) is 48.0. The van der Waals surface area contributed by atoms with Crippen molar-refractivity contribution >= 4 is 23.6 Å². The summed E-state index contributed by atoms with van der Waals surface area (Å²) in [5, 5.41) is 17.2. The van der Waals surface area contributed by atoms with Crippen LogP contribution in [0.5, 0.6) is 0 Å². The maximum absolute atomic E-state index is 12.7. The van der Waals surface area contributed by atoms with E-state index in [4.69, 9.17) is 11.5 Å². The smallest absolute Gasteiger partial charge is 0.245 e. The standard InChI is InChI=1S/C18H35N5O5/c1-10(2)9-14(16(20)26)23-17(27)13(7-5-6-8-19)22-18(28)15(11(3)24)21-12(4)25/h10-11,13-15,24H,5-9,19H2,1-4H3,(H2,20,26)(H,21,25)(H,22,28)(H,23,27)/t11?,13-,14-,15-/m0/s1. The zero-order valence-corrected chi connectivity index (χ0v) is 17.2. The molecular weight excluding hydrogens is 366 g/mol. The fraction of sp³-hybridized carbons (Fsp3) is 0.778. The fourth-order valence-electron chi connectivity index (χ4n) is 2.64. The van der Waals surface area contributed by atoms with Crippen molar-refractivity contribution in [2.24, 2.45) is 17.4 Å². The van der Waals surface area contributed by atoms with E-state index in [9.17, 15) is 24.3 Å². The quantitative estimate of drug-likeness (QED) is 0.205. The van der Waals surface area contributed by atoms with Crippen LogP contribution in [0, 0.1) is 5.92 Å². The number of nitrogens with two attached hydrogens (primary N) is 2. The number of aliphatic hydroxyl groups is 1. The Morgan fingerprint density at radius 2 is 1.50 bits per heavy atom. The van der Waals surface area contributed by atoms with E-state index < -0.39 is 47.9 Å². The maximum Gasteiger partial charge on any atom is 0.245 e. The summed E-state index contributed by atoms with van der Waals surface area (Å²) in [6.45, 7) is 6.79. The molecule has 4 amide bonds. The first-order chi connectivity index (χ1) is 13.0. The Balaban J connectivity index is 5.27. The number of unbranched alkanes of at least 4 members (excludes halogenated alkanes) is 1. The minimum atomic E-state index is -1.20. The molecule has 28 heavy (non-hydrogen) atoms. The van der Waals surface area contributed by atoms with Crippen LogP contribution in [0.1, 0.15) is 53.4 Å². The molecule has 4 atom stereocenters. The van der Waals surface area contributed by atoms with Crippen LogP contribution >= 0.6 is 0 Å². The fourth-order valence-corrected chi connectivity index (χ4v) is 2.64. The van der Waals surface area contributed by atoms with Gasteiger partial charge in [-0.3, -0.25) is 19.2 Å². The first-order valence-corrected chi connectivity index (χ1v) is 9.54. The molecular formula is C18H35N5O5. The molecule has 10 heteroatoms. The zero-order chi connectivity index (χ0) is 21.9. The Labute approximate surface area is 166 Å². The predicted octanol–water partition coefficient (Wildman–Crippen LogP) is -1.50. The lowest BCUT2D eigenvalue weighted by Gasteiger charge is -2.26. The third kappa shape index (κ3) is 10.2. The molecule has 0 radical (unpaired) electrons. The molecule has 0 saturated heterocycles. The number of primary amides is 1. The average molecular weight is 402 g/mol. The highest BCUT2D eigenvalue weighted by molar-refractivity contribution is 5.94. The molecule has 0 aliphatic rings. The van der Waals surface area contributed by atoms with Gasteiger partial charge in [-0.15, -0.1) is 0 Å². The van der Waals surface area contributed by atoms with Gasteiger partial charge < -0.3 is 32.5 Å². The van der Waals surface area contributed by atoms with Crippen LogP contribution in [0.3, 0.4) is 0 Å². The van der Waals surface area contributed by atoms with Crippen LogP contribution in [-0.4, -0.2) is 59.5 Å². The summed E-state index contributed by atoms with van der Waals surface area (Å²) >= 11 is 0. The third-order valence-corrected chi connectivity index (χ3v) is 4.07. The van der Waals surface area contributed by atoms with Crippen molar-refractivity contribution in [3.05, 3.63) is 0 Å². The SMILES string of the molecule is CC(=O)N[C@H](C(=O)N[C@@H](CCCCN)C(=O)N[C@@H](CC(C)C)C(N)=O)C(C)O. The lowest BCUT2D eigenvalue weighted by atomic mass is 10.0. The molecule has 162 valence electrons. The highest BCUT2D eigenvalue weighted by Crippen LogP contribution is 2.07. The first-order valence-electron chi connectivity index (χ1n) is 9.54. The summed E-state index contributed by atoms with van der Waals surface area (Å²) in [5.74, 6) is -2.27. The second kappa shape index (κ2) is 13.1. The van der Waals surface area contributed by atoms with Crippen molar-refractivity contribution in [3.63, 3.8) is 0 Å². The maximum atomic E-state index is 12.7. The number of nitrogens with one attached hydrogen (secondary N) is 3. The van der Waals surface area contributed by atoms with Crippen LogP contribution in [0.25, 0.3) is 0 Å². The Hall–Kier alpha value is -2.20. The molecule has 0 bridgehead atoms. The van der Waals surface area contributed by atoms with Crippen molar-refractivity contribution in [1.29, 1.82) is 0 Å². The normalized spacial score (nSPS) is 15.2. The van der Waals surface area contributed by atoms with E-state index in [1.807, 2.05) is 13.8 Å². The molecule has 0 aromatic rings. The van der Waals surface area contributed by atoms with Crippen LogP contribution in [0.4, 0.5) is 0 Å². The largest absolute Gasteiger partial charge is 0.391 e.